The highest BCUT2D eigenvalue weighted by molar-refractivity contribution is 5.37. The van der Waals surface area contributed by atoms with Gasteiger partial charge >= 0.3 is 0 Å². The Morgan fingerprint density at radius 1 is 1.47 bits per heavy atom. The van der Waals surface area contributed by atoms with E-state index >= 15 is 0 Å². The van der Waals surface area contributed by atoms with Crippen molar-refractivity contribution in [1.29, 1.82) is 0 Å². The van der Waals surface area contributed by atoms with Gasteiger partial charge in [-0.15, -0.1) is 0 Å². The van der Waals surface area contributed by atoms with Crippen molar-refractivity contribution in [3.63, 3.8) is 0 Å². The second kappa shape index (κ2) is 6.70. The lowest BCUT2D eigenvalue weighted by atomic mass is 10.1. The maximum Gasteiger partial charge on any atom is 0.218 e. The minimum atomic E-state index is 0.627. The monoisotopic (exact) mass is 264 g/mol. The molecule has 1 atom stereocenters. The molecule has 106 valence electrons. The second-order valence-electron chi connectivity index (χ2n) is 5.30. The topological polar surface area (TPSA) is 50.3 Å². The van der Waals surface area contributed by atoms with Gasteiger partial charge in [0.25, 0.3) is 0 Å². The molecule has 1 saturated heterocycles. The zero-order valence-corrected chi connectivity index (χ0v) is 12.1. The van der Waals surface area contributed by atoms with Gasteiger partial charge in [-0.05, 0) is 39.7 Å². The standard InChI is InChI=1S/C14H24N4O/c1-4-19-14-7-13(16-10-17-14)15-8-12-5-6-18(9-12)11(2)3/h7,10-12H,4-6,8-9H2,1-3H3,(H,15,16,17). The van der Waals surface area contributed by atoms with Gasteiger partial charge in [-0.2, -0.15) is 0 Å². The van der Waals surface area contributed by atoms with Gasteiger partial charge in [0.15, 0.2) is 0 Å². The molecule has 1 aromatic heterocycles. The predicted molar refractivity (Wildman–Crippen MR) is 76.5 cm³/mol. The summed E-state index contributed by atoms with van der Waals surface area (Å²) in [4.78, 5) is 10.8. The lowest BCUT2D eigenvalue weighted by Crippen LogP contribution is -2.29. The molecule has 1 N–H and O–H groups in total. The maximum atomic E-state index is 5.37. The fraction of sp³-hybridized carbons (Fsp3) is 0.714. The molecule has 1 aliphatic heterocycles. The molecule has 0 amide bonds. The molecule has 1 fully saturated rings. The summed E-state index contributed by atoms with van der Waals surface area (Å²) in [6.45, 7) is 10.4. The van der Waals surface area contributed by atoms with E-state index in [-0.39, 0.29) is 0 Å². The van der Waals surface area contributed by atoms with Crippen LogP contribution in [0.1, 0.15) is 27.2 Å². The Morgan fingerprint density at radius 3 is 3.00 bits per heavy atom. The lowest BCUT2D eigenvalue weighted by Gasteiger charge is -2.20. The van der Waals surface area contributed by atoms with E-state index in [1.807, 2.05) is 13.0 Å². The number of ether oxygens (including phenoxy) is 1. The Morgan fingerprint density at radius 2 is 2.32 bits per heavy atom. The Balaban J connectivity index is 1.81. The van der Waals surface area contributed by atoms with E-state index < -0.39 is 0 Å². The second-order valence-corrected chi connectivity index (χ2v) is 5.30. The zero-order chi connectivity index (χ0) is 13.7. The molecule has 0 radical (unpaired) electrons. The van der Waals surface area contributed by atoms with E-state index in [0.29, 0.717) is 24.4 Å². The summed E-state index contributed by atoms with van der Waals surface area (Å²) in [5.41, 5.74) is 0. The highest BCUT2D eigenvalue weighted by Gasteiger charge is 2.23. The van der Waals surface area contributed by atoms with E-state index in [9.17, 15) is 0 Å². The number of nitrogens with one attached hydrogen (secondary N) is 1. The van der Waals surface area contributed by atoms with E-state index in [4.69, 9.17) is 4.74 Å². The normalized spacial score (nSPS) is 19.9. The fourth-order valence-electron chi connectivity index (χ4n) is 2.41. The quantitative estimate of drug-likeness (QED) is 0.852. The Labute approximate surface area is 115 Å². The minimum Gasteiger partial charge on any atom is -0.478 e. The molecule has 19 heavy (non-hydrogen) atoms. The molecule has 5 nitrogen and oxygen atoms in total. The Kier molecular flexibility index (Phi) is 4.96. The molecule has 0 bridgehead atoms. The summed E-state index contributed by atoms with van der Waals surface area (Å²) in [6, 6.07) is 2.51. The Hall–Kier alpha value is -1.36. The number of rotatable bonds is 6. The van der Waals surface area contributed by atoms with Crippen LogP contribution in [-0.2, 0) is 0 Å². The summed E-state index contributed by atoms with van der Waals surface area (Å²) in [5.74, 6) is 2.18. The molecule has 2 rings (SSSR count). The molecule has 0 aliphatic carbocycles. The average molecular weight is 264 g/mol. The van der Waals surface area contributed by atoms with E-state index in [2.05, 4.69) is 34.0 Å². The van der Waals surface area contributed by atoms with Gasteiger partial charge in [0, 0.05) is 25.2 Å². The van der Waals surface area contributed by atoms with Crippen LogP contribution < -0.4 is 10.1 Å². The lowest BCUT2D eigenvalue weighted by molar-refractivity contribution is 0.266. The van der Waals surface area contributed by atoms with Crippen molar-refractivity contribution in [1.82, 2.24) is 14.9 Å². The summed E-state index contributed by atoms with van der Waals surface area (Å²) in [6.07, 6.45) is 2.80. The van der Waals surface area contributed by atoms with E-state index in [1.54, 1.807) is 6.33 Å². The largest absolute Gasteiger partial charge is 0.478 e. The van der Waals surface area contributed by atoms with Gasteiger partial charge < -0.3 is 15.0 Å². The van der Waals surface area contributed by atoms with Crippen molar-refractivity contribution in [2.24, 2.45) is 5.92 Å². The number of nitrogens with zero attached hydrogens (tertiary/aromatic N) is 3. The molecular formula is C14H24N4O. The molecule has 0 saturated carbocycles. The third-order valence-corrected chi connectivity index (χ3v) is 3.55. The zero-order valence-electron chi connectivity index (χ0n) is 12.1. The number of likely N-dealkylation sites (tertiary alicyclic amines) is 1. The molecule has 1 aliphatic rings. The van der Waals surface area contributed by atoms with Crippen molar-refractivity contribution < 1.29 is 4.74 Å². The SMILES string of the molecule is CCOc1cc(NCC2CCN(C(C)C)C2)ncn1. The highest BCUT2D eigenvalue weighted by Crippen LogP contribution is 2.19. The van der Waals surface area contributed by atoms with Crippen LogP contribution in [0.5, 0.6) is 5.88 Å². The first-order valence-corrected chi connectivity index (χ1v) is 7.11. The van der Waals surface area contributed by atoms with Gasteiger partial charge in [-0.1, -0.05) is 0 Å². The third kappa shape index (κ3) is 4.06. The van der Waals surface area contributed by atoms with Crippen molar-refractivity contribution in [3.05, 3.63) is 12.4 Å². The Bertz CT molecular complexity index is 397. The van der Waals surface area contributed by atoms with Crippen LogP contribution in [0.4, 0.5) is 5.82 Å². The number of hydrogen-bond donors (Lipinski definition) is 1. The summed E-state index contributed by atoms with van der Waals surface area (Å²) >= 11 is 0. The van der Waals surface area contributed by atoms with Crippen LogP contribution >= 0.6 is 0 Å². The van der Waals surface area contributed by atoms with Crippen LogP contribution in [0, 0.1) is 5.92 Å². The van der Waals surface area contributed by atoms with Crippen molar-refractivity contribution in [3.8, 4) is 5.88 Å². The minimum absolute atomic E-state index is 0.627. The van der Waals surface area contributed by atoms with Gasteiger partial charge in [0.1, 0.15) is 12.1 Å². The number of hydrogen-bond acceptors (Lipinski definition) is 5. The van der Waals surface area contributed by atoms with Crippen molar-refractivity contribution >= 4 is 5.82 Å². The predicted octanol–water partition coefficient (Wildman–Crippen LogP) is 2.02. The van der Waals surface area contributed by atoms with Crippen molar-refractivity contribution in [2.75, 3.05) is 31.6 Å². The van der Waals surface area contributed by atoms with Crippen LogP contribution in [0.3, 0.4) is 0 Å². The molecule has 1 aromatic rings. The van der Waals surface area contributed by atoms with Crippen LogP contribution in [-0.4, -0.2) is 47.2 Å². The maximum absolute atomic E-state index is 5.37. The first-order valence-electron chi connectivity index (χ1n) is 7.11. The van der Waals surface area contributed by atoms with E-state index in [1.165, 1.54) is 19.5 Å². The van der Waals surface area contributed by atoms with Gasteiger partial charge in [0.05, 0.1) is 6.61 Å². The van der Waals surface area contributed by atoms with Crippen LogP contribution in [0.15, 0.2) is 12.4 Å². The molecule has 5 heteroatoms. The smallest absolute Gasteiger partial charge is 0.218 e. The summed E-state index contributed by atoms with van der Waals surface area (Å²) < 4.78 is 5.37. The van der Waals surface area contributed by atoms with Crippen LogP contribution in [0.2, 0.25) is 0 Å². The first kappa shape index (κ1) is 14.1. The van der Waals surface area contributed by atoms with Gasteiger partial charge in [0.2, 0.25) is 5.88 Å². The first-order chi connectivity index (χ1) is 9.19. The number of aromatic nitrogens is 2. The third-order valence-electron chi connectivity index (χ3n) is 3.55. The van der Waals surface area contributed by atoms with Gasteiger partial charge in [-0.25, -0.2) is 9.97 Å². The van der Waals surface area contributed by atoms with Crippen LogP contribution in [0.25, 0.3) is 0 Å². The van der Waals surface area contributed by atoms with Gasteiger partial charge in [-0.3, -0.25) is 0 Å². The molecule has 2 heterocycles. The highest BCUT2D eigenvalue weighted by atomic mass is 16.5. The summed E-state index contributed by atoms with van der Waals surface area (Å²) in [5, 5.41) is 3.39. The molecule has 0 spiro atoms. The van der Waals surface area contributed by atoms with E-state index in [0.717, 1.165) is 12.4 Å². The summed E-state index contributed by atoms with van der Waals surface area (Å²) in [7, 11) is 0. The molecular weight excluding hydrogens is 240 g/mol. The average Bonchev–Trinajstić information content (AvgIpc) is 2.86. The number of anilines is 1. The molecule has 0 aromatic carbocycles. The fourth-order valence-corrected chi connectivity index (χ4v) is 2.41. The molecule has 1 unspecified atom stereocenters. The van der Waals surface area contributed by atoms with Crippen molar-refractivity contribution in [2.45, 2.75) is 33.2 Å².